The van der Waals surface area contributed by atoms with Crippen LogP contribution in [0.25, 0.3) is 6.08 Å². The first kappa shape index (κ1) is 15.2. The maximum atomic E-state index is 12.1. The smallest absolute Gasteiger partial charge is 0.286 e. The lowest BCUT2D eigenvalue weighted by atomic mass is 10.2. The molecule has 0 aromatic heterocycles. The molecule has 0 aliphatic carbocycles. The summed E-state index contributed by atoms with van der Waals surface area (Å²) in [7, 11) is 1.64. The van der Waals surface area contributed by atoms with E-state index in [0.29, 0.717) is 4.91 Å². The molecule has 0 spiro atoms. The van der Waals surface area contributed by atoms with E-state index < -0.39 is 0 Å². The van der Waals surface area contributed by atoms with Crippen molar-refractivity contribution in [1.29, 1.82) is 0 Å². The van der Waals surface area contributed by atoms with E-state index in [0.717, 1.165) is 29.6 Å². The third kappa shape index (κ3) is 3.53. The summed E-state index contributed by atoms with van der Waals surface area (Å²) in [5.41, 5.74) is 0.990. The van der Waals surface area contributed by atoms with Crippen molar-refractivity contribution in [2.75, 3.05) is 20.2 Å². The number of hydrogen-bond donors (Lipinski definition) is 0. The number of ether oxygens (including phenoxy) is 1. The van der Waals surface area contributed by atoms with E-state index in [1.54, 1.807) is 7.11 Å². The molecule has 0 bridgehead atoms. The Morgan fingerprint density at radius 2 is 1.82 bits per heavy atom. The predicted molar refractivity (Wildman–Crippen MR) is 91.0 cm³/mol. The Kier molecular flexibility index (Phi) is 4.83. The molecule has 1 aromatic carbocycles. The molecule has 2 aliphatic rings. The summed E-state index contributed by atoms with van der Waals surface area (Å²) < 4.78 is 5.15. The van der Waals surface area contributed by atoms with Gasteiger partial charge in [-0.2, -0.15) is 4.99 Å². The number of thioether (sulfide) groups is 1. The van der Waals surface area contributed by atoms with Crippen LogP contribution < -0.4 is 4.74 Å². The van der Waals surface area contributed by atoms with Crippen molar-refractivity contribution in [2.24, 2.45) is 4.99 Å². The summed E-state index contributed by atoms with van der Waals surface area (Å²) in [5.74, 6) is 0.689. The lowest BCUT2D eigenvalue weighted by Crippen LogP contribution is -2.28. The maximum Gasteiger partial charge on any atom is 0.286 e. The number of methoxy groups -OCH3 is 1. The first-order valence-electron chi connectivity index (χ1n) is 7.68. The standard InChI is InChI=1S/C17H20N2O2S/c1-21-14-8-6-13(7-9-14)12-15-16(20)18-17(22-15)19-10-4-2-3-5-11-19/h6-9,12H,2-5,10-11H2,1H3/b15-12+. The zero-order valence-corrected chi connectivity index (χ0v) is 13.6. The molecule has 2 aliphatic heterocycles. The van der Waals surface area contributed by atoms with Crippen LogP contribution >= 0.6 is 11.8 Å². The SMILES string of the molecule is COc1ccc(/C=C2/SC(N3CCCCCC3)=NC2=O)cc1. The van der Waals surface area contributed by atoms with Crippen LogP contribution in [0.4, 0.5) is 0 Å². The third-order valence-electron chi connectivity index (χ3n) is 3.90. The Balaban J connectivity index is 1.71. The number of rotatable bonds is 2. The number of aliphatic imine (C=N–C) groups is 1. The number of hydrogen-bond acceptors (Lipinski definition) is 4. The highest BCUT2D eigenvalue weighted by Crippen LogP contribution is 2.31. The molecular formula is C17H20N2O2S. The molecule has 0 atom stereocenters. The van der Waals surface area contributed by atoms with Crippen LogP contribution in [0.1, 0.15) is 31.2 Å². The molecule has 5 heteroatoms. The van der Waals surface area contributed by atoms with Gasteiger partial charge < -0.3 is 9.64 Å². The Morgan fingerprint density at radius 1 is 1.14 bits per heavy atom. The van der Waals surface area contributed by atoms with Crippen LogP contribution in [-0.2, 0) is 4.79 Å². The third-order valence-corrected chi connectivity index (χ3v) is 4.94. The van der Waals surface area contributed by atoms with Crippen LogP contribution in [0.2, 0.25) is 0 Å². The molecule has 0 N–H and O–H groups in total. The molecule has 116 valence electrons. The number of benzene rings is 1. The van der Waals surface area contributed by atoms with Crippen molar-refractivity contribution in [1.82, 2.24) is 4.90 Å². The summed E-state index contributed by atoms with van der Waals surface area (Å²) in [6.45, 7) is 2.02. The monoisotopic (exact) mass is 316 g/mol. The van der Waals surface area contributed by atoms with Gasteiger partial charge in [0.1, 0.15) is 5.75 Å². The number of carbonyl (C=O) groups excluding carboxylic acids is 1. The van der Waals surface area contributed by atoms with Gasteiger partial charge >= 0.3 is 0 Å². The van der Waals surface area contributed by atoms with E-state index in [9.17, 15) is 4.79 Å². The van der Waals surface area contributed by atoms with Gasteiger partial charge in [0.15, 0.2) is 5.17 Å². The van der Waals surface area contributed by atoms with Crippen molar-refractivity contribution < 1.29 is 9.53 Å². The summed E-state index contributed by atoms with van der Waals surface area (Å²) in [6, 6.07) is 7.69. The van der Waals surface area contributed by atoms with E-state index in [1.165, 1.54) is 37.4 Å². The lowest BCUT2D eigenvalue weighted by Gasteiger charge is -2.20. The van der Waals surface area contributed by atoms with E-state index in [-0.39, 0.29) is 5.91 Å². The Labute approximate surface area is 135 Å². The molecule has 22 heavy (non-hydrogen) atoms. The number of carbonyl (C=O) groups is 1. The van der Waals surface area contributed by atoms with Gasteiger partial charge in [-0.15, -0.1) is 0 Å². The predicted octanol–water partition coefficient (Wildman–Crippen LogP) is 3.54. The minimum absolute atomic E-state index is 0.125. The second-order valence-corrected chi connectivity index (χ2v) is 6.49. The van der Waals surface area contributed by atoms with Gasteiger partial charge in [-0.3, -0.25) is 4.79 Å². The molecule has 2 heterocycles. The fourth-order valence-corrected chi connectivity index (χ4v) is 3.61. The van der Waals surface area contributed by atoms with E-state index in [2.05, 4.69) is 9.89 Å². The van der Waals surface area contributed by atoms with Gasteiger partial charge in [-0.05, 0) is 48.4 Å². The second kappa shape index (κ2) is 7.01. The number of amides is 1. The van der Waals surface area contributed by atoms with Gasteiger partial charge in [0.2, 0.25) is 0 Å². The Hall–Kier alpha value is -1.75. The first-order valence-corrected chi connectivity index (χ1v) is 8.49. The highest BCUT2D eigenvalue weighted by molar-refractivity contribution is 8.18. The van der Waals surface area contributed by atoms with Crippen LogP contribution in [0.5, 0.6) is 5.75 Å². The minimum atomic E-state index is -0.125. The fourth-order valence-electron chi connectivity index (χ4n) is 2.65. The quantitative estimate of drug-likeness (QED) is 0.783. The minimum Gasteiger partial charge on any atom is -0.497 e. The molecule has 1 amide bonds. The van der Waals surface area contributed by atoms with E-state index in [4.69, 9.17) is 4.74 Å². The zero-order valence-electron chi connectivity index (χ0n) is 12.7. The molecule has 1 saturated heterocycles. The number of nitrogens with zero attached hydrogens (tertiary/aromatic N) is 2. The molecular weight excluding hydrogens is 296 g/mol. The van der Waals surface area contributed by atoms with Crippen molar-refractivity contribution >= 4 is 28.9 Å². The van der Waals surface area contributed by atoms with Crippen LogP contribution in [0.3, 0.4) is 0 Å². The zero-order chi connectivity index (χ0) is 15.4. The summed E-state index contributed by atoms with van der Waals surface area (Å²) >= 11 is 1.50. The average molecular weight is 316 g/mol. The molecule has 3 rings (SSSR count). The van der Waals surface area contributed by atoms with Crippen LogP contribution in [0, 0.1) is 0 Å². The summed E-state index contributed by atoms with van der Waals surface area (Å²) in [6.07, 6.45) is 6.82. The normalized spacial score (nSPS) is 21.0. The molecule has 0 radical (unpaired) electrons. The average Bonchev–Trinajstić information content (AvgIpc) is 2.76. The van der Waals surface area contributed by atoms with Gasteiger partial charge in [-0.25, -0.2) is 0 Å². The first-order chi connectivity index (χ1) is 10.8. The van der Waals surface area contributed by atoms with Crippen molar-refractivity contribution in [3.8, 4) is 5.75 Å². The van der Waals surface area contributed by atoms with E-state index >= 15 is 0 Å². The molecule has 4 nitrogen and oxygen atoms in total. The number of likely N-dealkylation sites (tertiary alicyclic amines) is 1. The Morgan fingerprint density at radius 3 is 2.45 bits per heavy atom. The highest BCUT2D eigenvalue weighted by atomic mass is 32.2. The second-order valence-electron chi connectivity index (χ2n) is 5.48. The summed E-state index contributed by atoms with van der Waals surface area (Å²) in [5, 5.41) is 0.867. The van der Waals surface area contributed by atoms with Crippen molar-refractivity contribution in [3.05, 3.63) is 34.7 Å². The van der Waals surface area contributed by atoms with Gasteiger partial charge in [-0.1, -0.05) is 25.0 Å². The molecule has 0 unspecified atom stereocenters. The van der Waals surface area contributed by atoms with Gasteiger partial charge in [0.25, 0.3) is 5.91 Å². The van der Waals surface area contributed by atoms with E-state index in [1.807, 2.05) is 30.3 Å². The Bertz CT molecular complexity index is 600. The topological polar surface area (TPSA) is 41.9 Å². The van der Waals surface area contributed by atoms with Crippen LogP contribution in [0.15, 0.2) is 34.2 Å². The van der Waals surface area contributed by atoms with Gasteiger partial charge in [0, 0.05) is 13.1 Å². The molecule has 0 saturated carbocycles. The number of amidine groups is 1. The van der Waals surface area contributed by atoms with Crippen molar-refractivity contribution in [2.45, 2.75) is 25.7 Å². The highest BCUT2D eigenvalue weighted by Gasteiger charge is 2.26. The molecule has 1 fully saturated rings. The van der Waals surface area contributed by atoms with Crippen molar-refractivity contribution in [3.63, 3.8) is 0 Å². The summed E-state index contributed by atoms with van der Waals surface area (Å²) in [4.78, 5) is 19.3. The maximum absolute atomic E-state index is 12.1. The lowest BCUT2D eigenvalue weighted by molar-refractivity contribution is -0.113. The molecule has 1 aromatic rings. The van der Waals surface area contributed by atoms with Crippen LogP contribution in [-0.4, -0.2) is 36.2 Å². The largest absolute Gasteiger partial charge is 0.497 e. The van der Waals surface area contributed by atoms with Gasteiger partial charge in [0.05, 0.1) is 12.0 Å². The fraction of sp³-hybridized carbons (Fsp3) is 0.412.